The van der Waals surface area contributed by atoms with Gasteiger partial charge in [0.05, 0.1) is 13.2 Å². The molecule has 7 heteroatoms. The van der Waals surface area contributed by atoms with Crippen molar-refractivity contribution in [1.82, 2.24) is 9.88 Å². The van der Waals surface area contributed by atoms with Crippen molar-refractivity contribution in [2.45, 2.75) is 0 Å². The van der Waals surface area contributed by atoms with Crippen LogP contribution >= 0.6 is 0 Å². The number of fused-ring (bicyclic) bond motifs is 3. The first-order chi connectivity index (χ1) is 14.3. The number of oxime groups is 1. The second kappa shape index (κ2) is 7.44. The summed E-state index contributed by atoms with van der Waals surface area (Å²) in [6.45, 7) is 2.57. The number of morpholine rings is 1. The van der Waals surface area contributed by atoms with Gasteiger partial charge >= 0.3 is 0 Å². The lowest BCUT2D eigenvalue weighted by molar-refractivity contribution is 0.0668. The van der Waals surface area contributed by atoms with Gasteiger partial charge in [0.25, 0.3) is 0 Å². The predicted octanol–water partition coefficient (Wildman–Crippen LogP) is 4.24. The van der Waals surface area contributed by atoms with Crippen LogP contribution in [0.3, 0.4) is 0 Å². The number of para-hydroxylation sites is 1. The van der Waals surface area contributed by atoms with Crippen molar-refractivity contribution in [3.63, 3.8) is 0 Å². The van der Waals surface area contributed by atoms with E-state index in [9.17, 15) is 5.21 Å². The van der Waals surface area contributed by atoms with Crippen LogP contribution in [0, 0.1) is 0 Å². The topological polar surface area (TPSA) is 80.3 Å². The molecule has 5 rings (SSSR count). The summed E-state index contributed by atoms with van der Waals surface area (Å²) in [7, 11) is 0. The van der Waals surface area contributed by atoms with Gasteiger partial charge in [-0.05, 0) is 30.3 Å². The summed E-state index contributed by atoms with van der Waals surface area (Å²) in [6, 6.07) is 17.2. The highest BCUT2D eigenvalue weighted by Crippen LogP contribution is 2.32. The second-order valence-electron chi connectivity index (χ2n) is 6.77. The Kier molecular flexibility index (Phi) is 4.50. The molecule has 1 N–H and O–H groups in total. The molecular formula is C22H19N3O4. The molecule has 7 nitrogen and oxygen atoms in total. The molecule has 0 radical (unpaired) electrons. The van der Waals surface area contributed by atoms with Crippen LogP contribution in [0.1, 0.15) is 5.56 Å². The highest BCUT2D eigenvalue weighted by Gasteiger charge is 2.18. The van der Waals surface area contributed by atoms with Crippen molar-refractivity contribution >= 4 is 27.8 Å². The van der Waals surface area contributed by atoms with Crippen LogP contribution in [0.4, 0.5) is 0 Å². The quantitative estimate of drug-likeness (QED) is 0.244. The third-order valence-electron chi connectivity index (χ3n) is 4.97. The Morgan fingerprint density at radius 3 is 2.62 bits per heavy atom. The maximum Gasteiger partial charge on any atom is 0.219 e. The number of nitrogens with zero attached hydrogens (tertiary/aromatic N) is 3. The molecule has 1 aliphatic rings. The van der Waals surface area contributed by atoms with Gasteiger partial charge in [0.2, 0.25) is 5.88 Å². The van der Waals surface area contributed by atoms with Gasteiger partial charge in [-0.3, -0.25) is 0 Å². The van der Waals surface area contributed by atoms with E-state index in [-0.39, 0.29) is 0 Å². The van der Waals surface area contributed by atoms with Crippen LogP contribution < -0.4 is 4.74 Å². The van der Waals surface area contributed by atoms with Crippen molar-refractivity contribution in [1.29, 1.82) is 0 Å². The van der Waals surface area contributed by atoms with E-state index in [0.29, 0.717) is 43.8 Å². The number of hydrogen-bond acceptors (Lipinski definition) is 6. The van der Waals surface area contributed by atoms with Crippen LogP contribution in [0.25, 0.3) is 21.9 Å². The molecule has 0 amide bonds. The fourth-order valence-corrected chi connectivity index (χ4v) is 3.54. The van der Waals surface area contributed by atoms with Crippen molar-refractivity contribution in [3.8, 4) is 11.6 Å². The molecule has 1 fully saturated rings. The van der Waals surface area contributed by atoms with Gasteiger partial charge in [0.1, 0.15) is 16.9 Å². The van der Waals surface area contributed by atoms with Crippen LogP contribution in [-0.2, 0) is 4.74 Å². The van der Waals surface area contributed by atoms with Gasteiger partial charge in [-0.25, -0.2) is 4.98 Å². The molecule has 3 heterocycles. The van der Waals surface area contributed by atoms with E-state index in [4.69, 9.17) is 13.9 Å². The minimum absolute atomic E-state index is 0.458. The van der Waals surface area contributed by atoms with Crippen LogP contribution in [0.2, 0.25) is 0 Å². The summed E-state index contributed by atoms with van der Waals surface area (Å²) in [5, 5.41) is 14.9. The standard InChI is InChI=1S/C22H19N3O4/c26-24-22(25-9-11-27-12-10-25)15-5-8-21(23-14-15)28-16-6-7-20-18(13-16)17-3-1-2-4-19(17)29-20/h1-8,13-14,26H,9-12H2/b24-22-. The van der Waals surface area contributed by atoms with E-state index in [1.54, 1.807) is 12.3 Å². The maximum atomic E-state index is 9.44. The molecule has 0 spiro atoms. The summed E-state index contributed by atoms with van der Waals surface area (Å²) in [5.74, 6) is 1.62. The number of rotatable bonds is 3. The lowest BCUT2D eigenvalue weighted by Gasteiger charge is -2.28. The van der Waals surface area contributed by atoms with E-state index >= 15 is 0 Å². The smallest absolute Gasteiger partial charge is 0.219 e. The number of ether oxygens (including phenoxy) is 2. The molecular weight excluding hydrogens is 370 g/mol. The van der Waals surface area contributed by atoms with Crippen LogP contribution in [-0.4, -0.2) is 47.2 Å². The summed E-state index contributed by atoms with van der Waals surface area (Å²) in [6.07, 6.45) is 1.64. The number of furan rings is 1. The van der Waals surface area contributed by atoms with Crippen LogP contribution in [0.15, 0.2) is 70.4 Å². The van der Waals surface area contributed by atoms with Crippen molar-refractivity contribution in [3.05, 3.63) is 66.4 Å². The molecule has 1 aliphatic heterocycles. The van der Waals surface area contributed by atoms with Crippen molar-refractivity contribution in [2.75, 3.05) is 26.3 Å². The Labute approximate surface area is 166 Å². The molecule has 1 saturated heterocycles. The van der Waals surface area contributed by atoms with Crippen molar-refractivity contribution < 1.29 is 19.1 Å². The van der Waals surface area contributed by atoms with E-state index in [1.807, 2.05) is 53.4 Å². The van der Waals surface area contributed by atoms with Gasteiger partial charge in [0, 0.05) is 41.7 Å². The average Bonchev–Trinajstić information content (AvgIpc) is 3.14. The molecule has 0 bridgehead atoms. The maximum absolute atomic E-state index is 9.44. The SMILES string of the molecule is O/N=C(/c1ccc(Oc2ccc3oc4ccccc4c3c2)nc1)N1CCOCC1. The lowest BCUT2D eigenvalue weighted by Crippen LogP contribution is -2.41. The van der Waals surface area contributed by atoms with Gasteiger partial charge in [-0.1, -0.05) is 23.4 Å². The molecule has 29 heavy (non-hydrogen) atoms. The summed E-state index contributed by atoms with van der Waals surface area (Å²) < 4.78 is 17.1. The zero-order valence-corrected chi connectivity index (χ0v) is 15.6. The Morgan fingerprint density at radius 2 is 1.83 bits per heavy atom. The Balaban J connectivity index is 1.38. The molecule has 0 unspecified atom stereocenters. The number of aromatic nitrogens is 1. The Bertz CT molecular complexity index is 1180. The molecule has 2 aromatic carbocycles. The summed E-state index contributed by atoms with van der Waals surface area (Å²) in [4.78, 5) is 6.34. The fraction of sp³-hybridized carbons (Fsp3) is 0.182. The third kappa shape index (κ3) is 3.36. The number of hydrogen-bond donors (Lipinski definition) is 1. The minimum atomic E-state index is 0.458. The Morgan fingerprint density at radius 1 is 1.00 bits per heavy atom. The van der Waals surface area contributed by atoms with E-state index in [2.05, 4.69) is 10.1 Å². The normalized spacial score (nSPS) is 15.2. The van der Waals surface area contributed by atoms with Gasteiger partial charge in [-0.2, -0.15) is 0 Å². The van der Waals surface area contributed by atoms with Gasteiger partial charge in [-0.15, -0.1) is 0 Å². The molecule has 4 aromatic rings. The highest BCUT2D eigenvalue weighted by atomic mass is 16.5. The fourth-order valence-electron chi connectivity index (χ4n) is 3.54. The van der Waals surface area contributed by atoms with E-state index in [0.717, 1.165) is 27.5 Å². The summed E-state index contributed by atoms with van der Waals surface area (Å²) in [5.41, 5.74) is 2.38. The molecule has 0 aliphatic carbocycles. The zero-order chi connectivity index (χ0) is 19.6. The largest absolute Gasteiger partial charge is 0.456 e. The molecule has 2 aromatic heterocycles. The number of pyridine rings is 1. The lowest BCUT2D eigenvalue weighted by atomic mass is 10.1. The number of amidine groups is 1. The van der Waals surface area contributed by atoms with E-state index in [1.165, 1.54) is 0 Å². The average molecular weight is 389 g/mol. The highest BCUT2D eigenvalue weighted by molar-refractivity contribution is 6.05. The van der Waals surface area contributed by atoms with Crippen LogP contribution in [0.5, 0.6) is 11.6 Å². The first kappa shape index (κ1) is 17.5. The molecule has 0 atom stereocenters. The first-order valence-corrected chi connectivity index (χ1v) is 9.42. The second-order valence-corrected chi connectivity index (χ2v) is 6.77. The number of benzene rings is 2. The summed E-state index contributed by atoms with van der Waals surface area (Å²) >= 11 is 0. The Hall–Kier alpha value is -3.58. The molecule has 146 valence electrons. The minimum Gasteiger partial charge on any atom is -0.456 e. The monoisotopic (exact) mass is 389 g/mol. The first-order valence-electron chi connectivity index (χ1n) is 9.42. The van der Waals surface area contributed by atoms with Gasteiger partial charge in [0.15, 0.2) is 5.84 Å². The molecule has 0 saturated carbocycles. The van der Waals surface area contributed by atoms with Gasteiger partial charge < -0.3 is 24.0 Å². The predicted molar refractivity (Wildman–Crippen MR) is 109 cm³/mol. The van der Waals surface area contributed by atoms with E-state index < -0.39 is 0 Å². The van der Waals surface area contributed by atoms with Crippen molar-refractivity contribution in [2.24, 2.45) is 5.16 Å². The zero-order valence-electron chi connectivity index (χ0n) is 15.6. The third-order valence-corrected chi connectivity index (χ3v) is 4.97.